The van der Waals surface area contributed by atoms with Gasteiger partial charge in [0.2, 0.25) is 0 Å². The Labute approximate surface area is 351 Å². The predicted octanol–water partition coefficient (Wildman–Crippen LogP) is 6.88. The van der Waals surface area contributed by atoms with Gasteiger partial charge >= 0.3 is 12.2 Å². The Morgan fingerprint density at radius 2 is 1.33 bits per heavy atom. The Morgan fingerprint density at radius 3 is 1.95 bits per heavy atom. The SMILES string of the molecule is COC(=O)N[C@@H](C(=O)N1CCC[C@H]1c1nc2cc(C#Cc3ccc4c(c3)CCc3nc([C@@H]5CCCN5C(=O)[C@H](NC(=O)O)c5ccccc5)[nH]c3-4)ccc2[nH]1)c1ccccc1. The van der Waals surface area contributed by atoms with Crippen LogP contribution in [0.1, 0.15) is 95.0 Å². The Morgan fingerprint density at radius 1 is 0.738 bits per heavy atom. The fourth-order valence-electron chi connectivity index (χ4n) is 8.90. The maximum Gasteiger partial charge on any atom is 0.407 e. The van der Waals surface area contributed by atoms with Crippen molar-refractivity contribution in [2.75, 3.05) is 20.2 Å². The quantitative estimate of drug-likeness (QED) is 0.103. The standard InChI is InChI=1S/C47H44N8O6/c1-61-47(60)53-40(31-12-6-3-7-13-31)45(57)54-24-8-14-37(54)42-48-34-22-19-29(27-36(34)50-42)17-16-28-18-21-33-32(26-28)20-23-35-41(33)51-43(49-35)38-15-9-25-55(38)44(56)39(52-46(58)59)30-10-4-2-5-11-30/h2-7,10-13,18-19,21-22,26-27,37-40,52H,8-9,14-15,20,23-25H2,1H3,(H,48,50)(H,49,51)(H,53,60)(H,58,59)/t37-,38-,39+,40+/m0/s1. The van der Waals surface area contributed by atoms with E-state index >= 15 is 0 Å². The zero-order valence-corrected chi connectivity index (χ0v) is 33.5. The summed E-state index contributed by atoms with van der Waals surface area (Å²) >= 11 is 0. The highest BCUT2D eigenvalue weighted by Gasteiger charge is 2.39. The molecule has 308 valence electrons. The molecule has 6 aromatic rings. The van der Waals surface area contributed by atoms with E-state index < -0.39 is 24.3 Å². The van der Waals surface area contributed by atoms with E-state index in [9.17, 15) is 24.3 Å². The average molecular weight is 817 g/mol. The second-order valence-corrected chi connectivity index (χ2v) is 15.6. The van der Waals surface area contributed by atoms with Gasteiger partial charge in [0, 0.05) is 29.8 Å². The highest BCUT2D eigenvalue weighted by atomic mass is 16.5. The van der Waals surface area contributed by atoms with Crippen LogP contribution < -0.4 is 10.6 Å². The molecule has 14 heteroatoms. The lowest BCUT2D eigenvalue weighted by Crippen LogP contribution is -2.42. The van der Waals surface area contributed by atoms with Crippen LogP contribution in [0.5, 0.6) is 0 Å². The molecule has 2 aliphatic heterocycles. The van der Waals surface area contributed by atoms with E-state index in [1.807, 2.05) is 60.7 Å². The van der Waals surface area contributed by atoms with Gasteiger partial charge in [0.05, 0.1) is 41.6 Å². The van der Waals surface area contributed by atoms with E-state index in [-0.39, 0.29) is 23.9 Å². The molecule has 4 atom stereocenters. The van der Waals surface area contributed by atoms with Crippen molar-refractivity contribution in [3.63, 3.8) is 0 Å². The fourth-order valence-corrected chi connectivity index (χ4v) is 8.90. The number of carboxylic acid groups (broad SMARTS) is 1. The van der Waals surface area contributed by atoms with Gasteiger partial charge in [-0.1, -0.05) is 78.6 Å². The van der Waals surface area contributed by atoms with Gasteiger partial charge in [-0.2, -0.15) is 0 Å². The normalized spacial score (nSPS) is 17.7. The molecule has 61 heavy (non-hydrogen) atoms. The molecule has 2 aromatic heterocycles. The molecule has 0 unspecified atom stereocenters. The van der Waals surface area contributed by atoms with E-state index in [0.29, 0.717) is 35.9 Å². The Hall–Kier alpha value is -7.40. The van der Waals surface area contributed by atoms with Crippen molar-refractivity contribution in [2.24, 2.45) is 0 Å². The van der Waals surface area contributed by atoms with E-state index in [4.69, 9.17) is 14.7 Å². The summed E-state index contributed by atoms with van der Waals surface area (Å²) in [6.07, 6.45) is 2.65. The summed E-state index contributed by atoms with van der Waals surface area (Å²) < 4.78 is 4.83. The third kappa shape index (κ3) is 7.90. The van der Waals surface area contributed by atoms with Crippen LogP contribution in [0.4, 0.5) is 9.59 Å². The second-order valence-electron chi connectivity index (χ2n) is 15.6. The molecule has 2 fully saturated rings. The lowest BCUT2D eigenvalue weighted by molar-refractivity contribution is -0.135. The lowest BCUT2D eigenvalue weighted by Gasteiger charge is -2.28. The number of carbonyl (C=O) groups excluding carboxylic acids is 3. The van der Waals surface area contributed by atoms with Crippen LogP contribution in [-0.4, -0.2) is 79.0 Å². The Kier molecular flexibility index (Phi) is 10.7. The zero-order chi connectivity index (χ0) is 42.0. The summed E-state index contributed by atoms with van der Waals surface area (Å²) in [5.74, 6) is 7.53. The minimum absolute atomic E-state index is 0.225. The maximum absolute atomic E-state index is 14.0. The van der Waals surface area contributed by atoms with Gasteiger partial charge in [-0.3, -0.25) is 9.59 Å². The number of methoxy groups -OCH3 is 1. The van der Waals surface area contributed by atoms with Crippen molar-refractivity contribution >= 4 is 35.0 Å². The molecule has 4 amide bonds. The molecule has 4 aromatic carbocycles. The molecular weight excluding hydrogens is 773 g/mol. The number of aryl methyl sites for hydroxylation is 2. The maximum atomic E-state index is 14.0. The number of rotatable bonds is 8. The van der Waals surface area contributed by atoms with Gasteiger partial charge in [0.1, 0.15) is 23.7 Å². The van der Waals surface area contributed by atoms with Crippen molar-refractivity contribution in [3.8, 4) is 23.1 Å². The van der Waals surface area contributed by atoms with E-state index in [2.05, 4.69) is 44.6 Å². The van der Waals surface area contributed by atoms with Crippen molar-refractivity contribution in [1.82, 2.24) is 40.4 Å². The third-order valence-corrected chi connectivity index (χ3v) is 11.8. The molecule has 0 spiro atoms. The van der Waals surface area contributed by atoms with Crippen LogP contribution in [-0.2, 0) is 27.2 Å². The summed E-state index contributed by atoms with van der Waals surface area (Å²) in [5.41, 5.74) is 8.64. The number of benzene rings is 4. The number of hydrogen-bond donors (Lipinski definition) is 5. The number of imidazole rings is 2. The number of carbonyl (C=O) groups is 4. The van der Waals surface area contributed by atoms with Gasteiger partial charge in [-0.15, -0.1) is 0 Å². The number of nitrogens with zero attached hydrogens (tertiary/aromatic N) is 4. The number of fused-ring (bicyclic) bond motifs is 4. The Balaban J connectivity index is 0.908. The Bertz CT molecular complexity index is 2700. The van der Waals surface area contributed by atoms with E-state index in [0.717, 1.165) is 83.2 Å². The van der Waals surface area contributed by atoms with Gasteiger partial charge in [0.25, 0.3) is 11.8 Å². The molecular formula is C47H44N8O6. The number of likely N-dealkylation sites (tertiary alicyclic amines) is 2. The third-order valence-electron chi connectivity index (χ3n) is 11.8. The van der Waals surface area contributed by atoms with E-state index in [1.54, 1.807) is 34.1 Å². The molecule has 9 rings (SSSR count). The van der Waals surface area contributed by atoms with E-state index in [1.165, 1.54) is 7.11 Å². The number of nitrogens with one attached hydrogen (secondary N) is 4. The fraction of sp³-hybridized carbons (Fsp3) is 0.277. The molecule has 0 saturated carbocycles. The van der Waals surface area contributed by atoms with Gasteiger partial charge in [-0.05, 0) is 85.5 Å². The van der Waals surface area contributed by atoms with Crippen molar-refractivity contribution in [2.45, 2.75) is 62.7 Å². The van der Waals surface area contributed by atoms with Crippen molar-refractivity contribution in [3.05, 3.63) is 142 Å². The van der Waals surface area contributed by atoms with Crippen molar-refractivity contribution in [1.29, 1.82) is 0 Å². The van der Waals surface area contributed by atoms with Crippen LogP contribution >= 0.6 is 0 Å². The first-order chi connectivity index (χ1) is 29.7. The largest absolute Gasteiger partial charge is 0.465 e. The summed E-state index contributed by atoms with van der Waals surface area (Å²) in [5, 5.41) is 14.7. The van der Waals surface area contributed by atoms with Crippen molar-refractivity contribution < 1.29 is 29.0 Å². The van der Waals surface area contributed by atoms with Gasteiger partial charge in [-0.25, -0.2) is 19.6 Å². The summed E-state index contributed by atoms with van der Waals surface area (Å²) in [6.45, 7) is 1.05. The molecule has 5 N–H and O–H groups in total. The molecule has 3 aliphatic rings. The molecule has 4 heterocycles. The van der Waals surface area contributed by atoms with Crippen LogP contribution in [0, 0.1) is 11.8 Å². The number of H-pyrrole nitrogens is 2. The summed E-state index contributed by atoms with van der Waals surface area (Å²) in [4.78, 5) is 72.2. The minimum atomic E-state index is -1.26. The number of aromatic amines is 2. The number of hydrogen-bond acceptors (Lipinski definition) is 7. The highest BCUT2D eigenvalue weighted by Crippen LogP contribution is 2.39. The predicted molar refractivity (Wildman–Crippen MR) is 226 cm³/mol. The van der Waals surface area contributed by atoms with Gasteiger partial charge < -0.3 is 40.2 Å². The summed E-state index contributed by atoms with van der Waals surface area (Å²) in [6, 6.07) is 27.6. The number of ether oxygens (including phenoxy) is 1. The average Bonchev–Trinajstić information content (AvgIpc) is 4.12. The van der Waals surface area contributed by atoms with Crippen LogP contribution in [0.3, 0.4) is 0 Å². The smallest absolute Gasteiger partial charge is 0.407 e. The van der Waals surface area contributed by atoms with Gasteiger partial charge in [0.15, 0.2) is 0 Å². The molecule has 0 bridgehead atoms. The minimum Gasteiger partial charge on any atom is -0.465 e. The number of alkyl carbamates (subject to hydrolysis) is 1. The second kappa shape index (κ2) is 16.7. The number of amides is 4. The highest BCUT2D eigenvalue weighted by molar-refractivity contribution is 5.88. The van der Waals surface area contributed by atoms with Crippen LogP contribution in [0.25, 0.3) is 22.3 Å². The zero-order valence-electron chi connectivity index (χ0n) is 33.5. The molecule has 1 aliphatic carbocycles. The first-order valence-electron chi connectivity index (χ1n) is 20.5. The summed E-state index contributed by atoms with van der Waals surface area (Å²) in [7, 11) is 1.28. The lowest BCUT2D eigenvalue weighted by atomic mass is 9.91. The number of aromatic nitrogens is 4. The first-order valence-corrected chi connectivity index (χ1v) is 20.5. The molecule has 2 saturated heterocycles. The van der Waals surface area contributed by atoms with Crippen LogP contribution in [0.15, 0.2) is 97.1 Å². The topological polar surface area (TPSA) is 186 Å². The van der Waals surface area contributed by atoms with Crippen LogP contribution in [0.2, 0.25) is 0 Å². The monoisotopic (exact) mass is 816 g/mol. The first kappa shape index (κ1) is 39.1. The molecule has 14 nitrogen and oxygen atoms in total. The molecule has 0 radical (unpaired) electrons.